The number of β-amino-alcohol motifs (C(OH)–C–C–N with tert-alkyl or cyclic N) is 1. The lowest BCUT2D eigenvalue weighted by atomic mass is 10.3. The maximum atomic E-state index is 12.1. The van der Waals surface area contributed by atoms with Gasteiger partial charge in [-0.15, -0.1) is 0 Å². The van der Waals surface area contributed by atoms with E-state index in [2.05, 4.69) is 14.5 Å². The molecule has 2 amide bonds. The van der Waals surface area contributed by atoms with Crippen LogP contribution in [0.15, 0.2) is 12.5 Å². The number of rotatable bonds is 3. The van der Waals surface area contributed by atoms with Gasteiger partial charge in [-0.2, -0.15) is 0 Å². The predicted octanol–water partition coefficient (Wildman–Crippen LogP) is 0.378. The topological polar surface area (TPSA) is 64.8 Å². The summed E-state index contributed by atoms with van der Waals surface area (Å²) in [6, 6.07) is 0.574. The smallest absolute Gasteiger partial charge is 0.319 e. The second-order valence-corrected chi connectivity index (χ2v) is 6.54. The Morgan fingerprint density at radius 2 is 2.14 bits per heavy atom. The van der Waals surface area contributed by atoms with Gasteiger partial charge in [0, 0.05) is 59.1 Å². The van der Waals surface area contributed by atoms with Crippen LogP contribution in [-0.2, 0) is 6.54 Å². The average molecular weight is 307 g/mol. The summed E-state index contributed by atoms with van der Waals surface area (Å²) in [5.41, 5.74) is 1.20. The molecule has 0 aromatic carbocycles. The van der Waals surface area contributed by atoms with Crippen LogP contribution in [0.5, 0.6) is 0 Å². The van der Waals surface area contributed by atoms with Gasteiger partial charge in [-0.05, 0) is 12.8 Å². The van der Waals surface area contributed by atoms with E-state index in [0.717, 1.165) is 13.1 Å². The molecule has 0 unspecified atom stereocenters. The third kappa shape index (κ3) is 3.41. The molecule has 122 valence electrons. The number of carbonyl (C=O) groups is 1. The molecule has 2 fully saturated rings. The van der Waals surface area contributed by atoms with Crippen LogP contribution in [0.25, 0.3) is 0 Å². The molecule has 1 aromatic heterocycles. The number of aliphatic hydroxyl groups is 1. The molecule has 1 saturated heterocycles. The van der Waals surface area contributed by atoms with E-state index in [1.54, 1.807) is 23.9 Å². The van der Waals surface area contributed by atoms with Crippen molar-refractivity contribution in [1.29, 1.82) is 0 Å². The maximum Gasteiger partial charge on any atom is 0.319 e. The summed E-state index contributed by atoms with van der Waals surface area (Å²) in [7, 11) is 3.48. The number of hydrogen-bond acceptors (Lipinski definition) is 4. The number of imidazole rings is 1. The summed E-state index contributed by atoms with van der Waals surface area (Å²) in [4.78, 5) is 21.8. The van der Waals surface area contributed by atoms with Crippen LogP contribution in [0, 0.1) is 0 Å². The minimum atomic E-state index is -0.510. The van der Waals surface area contributed by atoms with Crippen molar-refractivity contribution in [1.82, 2.24) is 24.3 Å². The molecule has 2 aliphatic rings. The largest absolute Gasteiger partial charge is 0.390 e. The second kappa shape index (κ2) is 6.26. The number of urea groups is 1. The van der Waals surface area contributed by atoms with Gasteiger partial charge in [0.05, 0.1) is 18.1 Å². The number of carbonyl (C=O) groups excluding carboxylic acids is 1. The van der Waals surface area contributed by atoms with Crippen molar-refractivity contribution in [3.05, 3.63) is 18.2 Å². The summed E-state index contributed by atoms with van der Waals surface area (Å²) in [5.74, 6) is 0. The lowest BCUT2D eigenvalue weighted by Crippen LogP contribution is -2.43. The maximum absolute atomic E-state index is 12.1. The van der Waals surface area contributed by atoms with Gasteiger partial charge in [0.15, 0.2) is 0 Å². The fourth-order valence-electron chi connectivity index (χ4n) is 3.02. The fourth-order valence-corrected chi connectivity index (χ4v) is 3.02. The Kier molecular flexibility index (Phi) is 4.35. The summed E-state index contributed by atoms with van der Waals surface area (Å²) in [6.07, 6.45) is 5.78. The number of aromatic nitrogens is 2. The summed E-state index contributed by atoms with van der Waals surface area (Å²) < 4.78 is 2.25. The van der Waals surface area contributed by atoms with Crippen molar-refractivity contribution in [3.63, 3.8) is 0 Å². The Bertz CT molecular complexity index is 526. The van der Waals surface area contributed by atoms with Crippen LogP contribution in [0.4, 0.5) is 4.79 Å². The highest BCUT2D eigenvalue weighted by atomic mass is 16.3. The van der Waals surface area contributed by atoms with Gasteiger partial charge >= 0.3 is 6.03 Å². The van der Waals surface area contributed by atoms with E-state index >= 15 is 0 Å². The quantitative estimate of drug-likeness (QED) is 0.877. The van der Waals surface area contributed by atoms with E-state index in [-0.39, 0.29) is 6.03 Å². The number of aliphatic hydroxyl groups excluding tert-OH is 1. The van der Waals surface area contributed by atoms with Crippen LogP contribution >= 0.6 is 0 Å². The molecule has 7 heteroatoms. The third-order valence-corrected chi connectivity index (χ3v) is 4.31. The van der Waals surface area contributed by atoms with Gasteiger partial charge in [0.2, 0.25) is 0 Å². The van der Waals surface area contributed by atoms with Crippen molar-refractivity contribution >= 4 is 6.03 Å². The normalized spacial score (nSPS) is 23.4. The Balaban J connectivity index is 1.63. The molecular formula is C15H25N5O2. The lowest BCUT2D eigenvalue weighted by Gasteiger charge is -2.25. The summed E-state index contributed by atoms with van der Waals surface area (Å²) >= 11 is 0. The van der Waals surface area contributed by atoms with Crippen LogP contribution in [-0.4, -0.2) is 81.8 Å². The molecule has 1 aliphatic heterocycles. The third-order valence-electron chi connectivity index (χ3n) is 4.31. The first kappa shape index (κ1) is 15.3. The fraction of sp³-hybridized carbons (Fsp3) is 0.733. The SMILES string of the molecule is CN(C)C(=O)N1CCN(Cc2cncn2C2CC2)C[C@H](O)C1. The molecule has 1 atom stereocenters. The molecule has 1 aromatic rings. The van der Waals surface area contributed by atoms with E-state index in [9.17, 15) is 9.90 Å². The van der Waals surface area contributed by atoms with Crippen molar-refractivity contribution in [3.8, 4) is 0 Å². The zero-order valence-corrected chi connectivity index (χ0v) is 13.4. The molecule has 1 N–H and O–H groups in total. The molecule has 7 nitrogen and oxygen atoms in total. The first-order chi connectivity index (χ1) is 10.5. The molecule has 22 heavy (non-hydrogen) atoms. The van der Waals surface area contributed by atoms with Gasteiger partial charge in [-0.1, -0.05) is 0 Å². The summed E-state index contributed by atoms with van der Waals surface area (Å²) in [5, 5.41) is 10.2. The van der Waals surface area contributed by atoms with E-state index in [1.165, 1.54) is 18.5 Å². The zero-order chi connectivity index (χ0) is 15.7. The van der Waals surface area contributed by atoms with E-state index < -0.39 is 6.10 Å². The van der Waals surface area contributed by atoms with Gasteiger partial charge in [0.25, 0.3) is 0 Å². The Morgan fingerprint density at radius 1 is 1.36 bits per heavy atom. The second-order valence-electron chi connectivity index (χ2n) is 6.54. The molecule has 0 radical (unpaired) electrons. The Hall–Kier alpha value is -1.60. The highest BCUT2D eigenvalue weighted by molar-refractivity contribution is 5.73. The van der Waals surface area contributed by atoms with Crippen molar-refractivity contribution in [2.24, 2.45) is 0 Å². The summed E-state index contributed by atoms with van der Waals surface area (Å²) in [6.45, 7) is 3.18. The van der Waals surface area contributed by atoms with Crippen LogP contribution in [0.3, 0.4) is 0 Å². The van der Waals surface area contributed by atoms with Crippen LogP contribution in [0.1, 0.15) is 24.6 Å². The van der Waals surface area contributed by atoms with Gasteiger partial charge < -0.3 is 19.5 Å². The first-order valence-electron chi connectivity index (χ1n) is 7.92. The van der Waals surface area contributed by atoms with E-state index in [0.29, 0.717) is 25.7 Å². The van der Waals surface area contributed by atoms with Crippen LogP contribution < -0.4 is 0 Å². The van der Waals surface area contributed by atoms with Gasteiger partial charge in [-0.3, -0.25) is 4.90 Å². The highest BCUT2D eigenvalue weighted by Crippen LogP contribution is 2.35. The zero-order valence-electron chi connectivity index (χ0n) is 13.4. The molecule has 1 saturated carbocycles. The molecule has 1 aliphatic carbocycles. The molecule has 0 bridgehead atoms. The minimum absolute atomic E-state index is 0.0380. The highest BCUT2D eigenvalue weighted by Gasteiger charge is 2.28. The number of hydrogen-bond donors (Lipinski definition) is 1. The lowest BCUT2D eigenvalue weighted by molar-refractivity contribution is 0.106. The van der Waals surface area contributed by atoms with Crippen LogP contribution in [0.2, 0.25) is 0 Å². The van der Waals surface area contributed by atoms with Crippen molar-refractivity contribution in [2.75, 3.05) is 40.3 Å². The standard InChI is InChI=1S/C15H25N5O2/c1-17(2)15(22)19-6-5-18(9-14(21)10-19)8-13-7-16-11-20(13)12-3-4-12/h7,11-12,14,21H,3-6,8-10H2,1-2H3/t14-/m0/s1. The average Bonchev–Trinajstić information content (AvgIpc) is 3.24. The monoisotopic (exact) mass is 307 g/mol. The van der Waals surface area contributed by atoms with E-state index in [1.807, 2.05) is 12.5 Å². The van der Waals surface area contributed by atoms with Crippen molar-refractivity contribution in [2.45, 2.75) is 31.5 Å². The number of amides is 2. The Morgan fingerprint density at radius 3 is 2.82 bits per heavy atom. The predicted molar refractivity (Wildman–Crippen MR) is 82.4 cm³/mol. The van der Waals surface area contributed by atoms with E-state index in [4.69, 9.17) is 0 Å². The number of nitrogens with zero attached hydrogens (tertiary/aromatic N) is 5. The van der Waals surface area contributed by atoms with Crippen molar-refractivity contribution < 1.29 is 9.90 Å². The van der Waals surface area contributed by atoms with Gasteiger partial charge in [0.1, 0.15) is 0 Å². The molecular weight excluding hydrogens is 282 g/mol. The minimum Gasteiger partial charge on any atom is -0.390 e. The molecule has 0 spiro atoms. The first-order valence-corrected chi connectivity index (χ1v) is 7.92. The van der Waals surface area contributed by atoms with Gasteiger partial charge in [-0.25, -0.2) is 9.78 Å². The molecule has 2 heterocycles. The Labute approximate surface area is 131 Å². The molecule has 3 rings (SSSR count).